The van der Waals surface area contributed by atoms with Crippen molar-refractivity contribution >= 4 is 22.6 Å². The first-order valence-electron chi connectivity index (χ1n) is 7.96. The summed E-state index contributed by atoms with van der Waals surface area (Å²) < 4.78 is 45.5. The van der Waals surface area contributed by atoms with Crippen molar-refractivity contribution in [3.8, 4) is 0 Å². The third-order valence-corrected chi connectivity index (χ3v) is 4.28. The van der Waals surface area contributed by atoms with Crippen molar-refractivity contribution in [3.63, 3.8) is 0 Å². The number of furan rings is 1. The lowest BCUT2D eigenvalue weighted by molar-refractivity contribution is -0.137. The van der Waals surface area contributed by atoms with Crippen molar-refractivity contribution in [1.29, 1.82) is 0 Å². The number of rotatable bonds is 2. The van der Waals surface area contributed by atoms with E-state index in [9.17, 15) is 18.0 Å². The minimum absolute atomic E-state index is 0.0545. The fourth-order valence-electron chi connectivity index (χ4n) is 3.00. The second-order valence-electron chi connectivity index (χ2n) is 5.94. The monoisotopic (exact) mass is 358 g/mol. The molecule has 0 atom stereocenters. The quantitative estimate of drug-likeness (QED) is 0.677. The molecule has 4 rings (SSSR count). The van der Waals surface area contributed by atoms with E-state index in [2.05, 4.69) is 4.98 Å². The third kappa shape index (κ3) is 2.85. The van der Waals surface area contributed by atoms with E-state index in [1.807, 2.05) is 0 Å². The lowest BCUT2D eigenvalue weighted by Gasteiger charge is -2.09. The molecular weight excluding hydrogens is 345 g/mol. The Labute approximate surface area is 145 Å². The molecule has 4 nitrogen and oxygen atoms in total. The molecule has 0 saturated carbocycles. The Morgan fingerprint density at radius 3 is 2.81 bits per heavy atom. The van der Waals surface area contributed by atoms with Crippen molar-refractivity contribution in [2.45, 2.75) is 19.1 Å². The van der Waals surface area contributed by atoms with Crippen LogP contribution in [0, 0.1) is 0 Å². The van der Waals surface area contributed by atoms with E-state index >= 15 is 0 Å². The second kappa shape index (κ2) is 6.01. The number of nitrogens with zero attached hydrogens (tertiary/aromatic N) is 2. The molecule has 1 aliphatic heterocycles. The standard InChI is InChI=1S/C19H13F3N2O2/c20-19(21,22)13-6-7-15-16(11-13)23-17-12(8-9-24(17)18(15)25)3-1-4-14-5-2-10-26-14/h1-7,10-11H,8-9H2/b4-1+,12-3+. The van der Waals surface area contributed by atoms with Gasteiger partial charge in [-0.15, -0.1) is 0 Å². The van der Waals surface area contributed by atoms with Crippen LogP contribution in [0.1, 0.15) is 23.6 Å². The minimum atomic E-state index is -4.48. The summed E-state index contributed by atoms with van der Waals surface area (Å²) in [5.74, 6) is 1.09. The predicted octanol–water partition coefficient (Wildman–Crippen LogP) is 4.51. The van der Waals surface area contributed by atoms with Gasteiger partial charge in [0.2, 0.25) is 0 Å². The fraction of sp³-hybridized carbons (Fsp3) is 0.158. The van der Waals surface area contributed by atoms with E-state index < -0.39 is 11.7 Å². The molecular formula is C19H13F3N2O2. The van der Waals surface area contributed by atoms with Crippen LogP contribution in [-0.4, -0.2) is 9.55 Å². The number of aromatic nitrogens is 2. The summed E-state index contributed by atoms with van der Waals surface area (Å²) in [7, 11) is 0. The SMILES string of the molecule is O=c1c2ccc(C(F)(F)F)cc2nc2n1CC/C2=C\C=C\c1ccco1. The zero-order valence-corrected chi connectivity index (χ0v) is 13.5. The van der Waals surface area contributed by atoms with Gasteiger partial charge >= 0.3 is 6.18 Å². The summed E-state index contributed by atoms with van der Waals surface area (Å²) in [6.45, 7) is 0.457. The van der Waals surface area contributed by atoms with Gasteiger partial charge in [-0.2, -0.15) is 13.2 Å². The van der Waals surface area contributed by atoms with Crippen LogP contribution in [0.4, 0.5) is 13.2 Å². The van der Waals surface area contributed by atoms with Gasteiger partial charge < -0.3 is 4.42 Å². The molecule has 0 radical (unpaired) electrons. The molecule has 0 amide bonds. The van der Waals surface area contributed by atoms with Crippen molar-refractivity contribution in [3.05, 3.63) is 76.2 Å². The highest BCUT2D eigenvalue weighted by Gasteiger charge is 2.31. The van der Waals surface area contributed by atoms with Crippen LogP contribution in [0.3, 0.4) is 0 Å². The highest BCUT2D eigenvalue weighted by molar-refractivity contribution is 5.81. The summed E-state index contributed by atoms with van der Waals surface area (Å²) >= 11 is 0. The zero-order chi connectivity index (χ0) is 18.3. The van der Waals surface area contributed by atoms with Gasteiger partial charge in [-0.3, -0.25) is 9.36 Å². The summed E-state index contributed by atoms with van der Waals surface area (Å²) in [5, 5.41) is 0.189. The first-order valence-corrected chi connectivity index (χ1v) is 7.96. The van der Waals surface area contributed by atoms with Gasteiger partial charge in [-0.05, 0) is 48.4 Å². The molecule has 0 bridgehead atoms. The molecule has 2 aromatic heterocycles. The number of hydrogen-bond acceptors (Lipinski definition) is 3. The third-order valence-electron chi connectivity index (χ3n) is 4.28. The van der Waals surface area contributed by atoms with Crippen LogP contribution in [0.2, 0.25) is 0 Å². The van der Waals surface area contributed by atoms with Crippen molar-refractivity contribution in [2.75, 3.05) is 0 Å². The van der Waals surface area contributed by atoms with Gasteiger partial charge in [0.25, 0.3) is 5.56 Å². The topological polar surface area (TPSA) is 48.0 Å². The van der Waals surface area contributed by atoms with Crippen LogP contribution in [0.5, 0.6) is 0 Å². The molecule has 1 aliphatic rings. The van der Waals surface area contributed by atoms with E-state index in [0.717, 1.165) is 17.7 Å². The van der Waals surface area contributed by atoms with Crippen molar-refractivity contribution in [1.82, 2.24) is 9.55 Å². The zero-order valence-electron chi connectivity index (χ0n) is 13.5. The van der Waals surface area contributed by atoms with E-state index in [1.54, 1.807) is 36.6 Å². The molecule has 0 spiro atoms. The Morgan fingerprint density at radius 1 is 1.23 bits per heavy atom. The van der Waals surface area contributed by atoms with Gasteiger partial charge in [0.1, 0.15) is 11.6 Å². The molecule has 0 saturated heterocycles. The molecule has 0 fully saturated rings. The highest BCUT2D eigenvalue weighted by atomic mass is 19.4. The molecule has 1 aromatic carbocycles. The maximum absolute atomic E-state index is 12.9. The molecule has 3 heterocycles. The van der Waals surface area contributed by atoms with Crippen LogP contribution in [-0.2, 0) is 12.7 Å². The highest BCUT2D eigenvalue weighted by Crippen LogP contribution is 2.31. The Morgan fingerprint density at radius 2 is 2.08 bits per heavy atom. The van der Waals surface area contributed by atoms with Gasteiger partial charge in [-0.1, -0.05) is 12.2 Å². The van der Waals surface area contributed by atoms with Crippen LogP contribution >= 0.6 is 0 Å². The molecule has 0 aliphatic carbocycles. The first-order chi connectivity index (χ1) is 12.4. The lowest BCUT2D eigenvalue weighted by Crippen LogP contribution is -2.21. The molecule has 7 heteroatoms. The fourth-order valence-corrected chi connectivity index (χ4v) is 3.00. The van der Waals surface area contributed by atoms with E-state index in [4.69, 9.17) is 4.42 Å². The number of halogens is 3. The second-order valence-corrected chi connectivity index (χ2v) is 5.94. The van der Waals surface area contributed by atoms with Crippen LogP contribution in [0.15, 0.2) is 58.0 Å². The normalized spacial score (nSPS) is 16.0. The average molecular weight is 358 g/mol. The molecule has 26 heavy (non-hydrogen) atoms. The van der Waals surface area contributed by atoms with Gasteiger partial charge in [0.15, 0.2) is 0 Å². The molecule has 0 unspecified atom stereocenters. The number of allylic oxidation sites excluding steroid dienone is 3. The smallest absolute Gasteiger partial charge is 0.416 e. The maximum atomic E-state index is 12.9. The maximum Gasteiger partial charge on any atom is 0.416 e. The van der Waals surface area contributed by atoms with E-state index in [0.29, 0.717) is 24.6 Å². The van der Waals surface area contributed by atoms with Gasteiger partial charge in [0, 0.05) is 6.54 Å². The molecule has 3 aromatic rings. The minimum Gasteiger partial charge on any atom is -0.465 e. The summed E-state index contributed by atoms with van der Waals surface area (Å²) in [6.07, 6.45) is 3.00. The van der Waals surface area contributed by atoms with E-state index in [-0.39, 0.29) is 16.5 Å². The van der Waals surface area contributed by atoms with Crippen molar-refractivity contribution in [2.24, 2.45) is 0 Å². The number of benzene rings is 1. The number of hydrogen-bond donors (Lipinski definition) is 0. The molecule has 0 N–H and O–H groups in total. The Bertz CT molecular complexity index is 1090. The Hall–Kier alpha value is -3.09. The number of alkyl halides is 3. The summed E-state index contributed by atoms with van der Waals surface area (Å²) in [4.78, 5) is 16.9. The van der Waals surface area contributed by atoms with Gasteiger partial charge in [-0.25, -0.2) is 4.98 Å². The van der Waals surface area contributed by atoms with Crippen LogP contribution in [0.25, 0.3) is 22.6 Å². The summed E-state index contributed by atoms with van der Waals surface area (Å²) in [6, 6.07) is 6.59. The van der Waals surface area contributed by atoms with Crippen LogP contribution < -0.4 is 5.56 Å². The van der Waals surface area contributed by atoms with Gasteiger partial charge in [0.05, 0.1) is 22.7 Å². The first kappa shape index (κ1) is 16.4. The van der Waals surface area contributed by atoms with Crippen molar-refractivity contribution < 1.29 is 17.6 Å². The lowest BCUT2D eigenvalue weighted by atomic mass is 10.1. The Balaban J connectivity index is 1.79. The Kier molecular flexibility index (Phi) is 3.79. The van der Waals surface area contributed by atoms with E-state index in [1.165, 1.54) is 10.6 Å². The summed E-state index contributed by atoms with van der Waals surface area (Å²) in [5.41, 5.74) is -0.289. The average Bonchev–Trinajstić information content (AvgIpc) is 3.24. The molecule has 132 valence electrons. The number of fused-ring (bicyclic) bond motifs is 2. The predicted molar refractivity (Wildman–Crippen MR) is 91.3 cm³/mol. The largest absolute Gasteiger partial charge is 0.465 e.